The summed E-state index contributed by atoms with van der Waals surface area (Å²) in [4.78, 5) is 2.20. The number of fused-ring (bicyclic) bond motifs is 1. The lowest BCUT2D eigenvalue weighted by molar-refractivity contribution is 0.437. The molecule has 32 heavy (non-hydrogen) atoms. The number of aromatic nitrogens is 2. The quantitative estimate of drug-likeness (QED) is 0.472. The Morgan fingerprint density at radius 2 is 1.88 bits per heavy atom. The number of nitrogens with zero attached hydrogens (tertiary/aromatic N) is 5. The van der Waals surface area contributed by atoms with Gasteiger partial charge in [0, 0.05) is 29.3 Å². The van der Waals surface area contributed by atoms with Crippen LogP contribution in [0.15, 0.2) is 28.4 Å². The summed E-state index contributed by atoms with van der Waals surface area (Å²) in [6, 6.07) is 4.71. The predicted molar refractivity (Wildman–Crippen MR) is 128 cm³/mol. The van der Waals surface area contributed by atoms with E-state index in [4.69, 9.17) is 23.2 Å². The number of aryl methyl sites for hydroxylation is 1. The van der Waals surface area contributed by atoms with Crippen molar-refractivity contribution in [2.45, 2.75) is 64.3 Å². The van der Waals surface area contributed by atoms with Gasteiger partial charge in [-0.3, -0.25) is 0 Å². The molecule has 3 aliphatic rings. The van der Waals surface area contributed by atoms with Gasteiger partial charge in [0.05, 0.1) is 28.2 Å². The van der Waals surface area contributed by atoms with E-state index < -0.39 is 5.82 Å². The Hall–Kier alpha value is -2.05. The summed E-state index contributed by atoms with van der Waals surface area (Å²) in [6.45, 7) is 2.80. The van der Waals surface area contributed by atoms with Crippen LogP contribution in [0.5, 0.6) is 0 Å². The van der Waals surface area contributed by atoms with E-state index in [-0.39, 0.29) is 11.1 Å². The van der Waals surface area contributed by atoms with Crippen molar-refractivity contribution in [2.24, 2.45) is 16.1 Å². The van der Waals surface area contributed by atoms with Crippen LogP contribution in [-0.2, 0) is 6.42 Å². The molecule has 1 aromatic heterocycles. The average molecular weight is 474 g/mol. The fourth-order valence-electron chi connectivity index (χ4n) is 5.17. The Morgan fingerprint density at radius 1 is 1.06 bits per heavy atom. The van der Waals surface area contributed by atoms with Gasteiger partial charge < -0.3 is 4.90 Å². The number of hydrogen-bond donors (Lipinski definition) is 0. The first-order valence-electron chi connectivity index (χ1n) is 11.4. The largest absolute Gasteiger partial charge is 0.363 e. The zero-order chi connectivity index (χ0) is 22.2. The van der Waals surface area contributed by atoms with Crippen LogP contribution in [0.25, 0.3) is 0 Å². The van der Waals surface area contributed by atoms with Crippen LogP contribution >= 0.6 is 23.2 Å². The van der Waals surface area contributed by atoms with Gasteiger partial charge in [0.2, 0.25) is 0 Å². The maximum absolute atomic E-state index is 14.2. The summed E-state index contributed by atoms with van der Waals surface area (Å²) in [5.74, 6) is 0.0840. The van der Waals surface area contributed by atoms with Crippen LogP contribution < -0.4 is 4.90 Å². The molecule has 1 fully saturated rings. The normalized spacial score (nSPS) is 20.1. The fourth-order valence-corrected chi connectivity index (χ4v) is 5.85. The molecule has 1 aliphatic carbocycles. The van der Waals surface area contributed by atoms with Gasteiger partial charge in [0.1, 0.15) is 11.5 Å². The topological polar surface area (TPSA) is 53.7 Å². The molecule has 0 radical (unpaired) electrons. The van der Waals surface area contributed by atoms with E-state index in [0.29, 0.717) is 16.5 Å². The summed E-state index contributed by atoms with van der Waals surface area (Å²) in [6.07, 6.45) is 8.82. The Morgan fingerprint density at radius 3 is 2.69 bits per heavy atom. The molecule has 0 unspecified atom stereocenters. The highest BCUT2D eigenvalue weighted by Crippen LogP contribution is 2.40. The third-order valence-corrected chi connectivity index (χ3v) is 7.67. The minimum atomic E-state index is -0.462. The molecular weight excluding hydrogens is 448 g/mol. The van der Waals surface area contributed by atoms with Crippen molar-refractivity contribution >= 4 is 40.3 Å². The van der Waals surface area contributed by atoms with E-state index in [1.165, 1.54) is 43.9 Å². The SMILES string of the molecule is C[C@H](c1c(Cl)ccc(F)c1Cl)N1CCCc2nnc(C3=NN=C(C4CCCCC4)C3)cc21. The van der Waals surface area contributed by atoms with Crippen molar-refractivity contribution < 1.29 is 4.39 Å². The molecule has 0 spiro atoms. The van der Waals surface area contributed by atoms with Crippen LogP contribution in [0.3, 0.4) is 0 Å². The summed E-state index contributed by atoms with van der Waals surface area (Å²) >= 11 is 12.7. The number of hydrogen-bond acceptors (Lipinski definition) is 5. The van der Waals surface area contributed by atoms with Gasteiger partial charge >= 0.3 is 0 Å². The zero-order valence-corrected chi connectivity index (χ0v) is 19.6. The van der Waals surface area contributed by atoms with Crippen molar-refractivity contribution in [3.05, 3.63) is 51.0 Å². The minimum absolute atomic E-state index is 0.0741. The second kappa shape index (κ2) is 9.06. The Kier molecular flexibility index (Phi) is 6.17. The molecule has 0 bridgehead atoms. The second-order valence-electron chi connectivity index (χ2n) is 8.94. The molecule has 2 aliphatic heterocycles. The lowest BCUT2D eigenvalue weighted by Crippen LogP contribution is -2.33. The molecule has 5 nitrogen and oxygen atoms in total. The third-order valence-electron chi connectivity index (χ3n) is 6.95. The summed E-state index contributed by atoms with van der Waals surface area (Å²) < 4.78 is 14.2. The van der Waals surface area contributed by atoms with Gasteiger partial charge in [0.25, 0.3) is 0 Å². The van der Waals surface area contributed by atoms with Crippen molar-refractivity contribution in [1.82, 2.24) is 10.2 Å². The van der Waals surface area contributed by atoms with E-state index in [9.17, 15) is 4.39 Å². The lowest BCUT2D eigenvalue weighted by Gasteiger charge is -2.36. The van der Waals surface area contributed by atoms with Crippen LogP contribution in [0.1, 0.15) is 74.9 Å². The summed E-state index contributed by atoms with van der Waals surface area (Å²) in [5.41, 5.74) is 5.33. The molecule has 1 saturated carbocycles. The molecule has 0 saturated heterocycles. The zero-order valence-electron chi connectivity index (χ0n) is 18.1. The van der Waals surface area contributed by atoms with Crippen molar-refractivity contribution in [2.75, 3.05) is 11.4 Å². The highest BCUT2D eigenvalue weighted by atomic mass is 35.5. The number of halogens is 3. The van der Waals surface area contributed by atoms with E-state index in [2.05, 4.69) is 31.4 Å². The van der Waals surface area contributed by atoms with E-state index >= 15 is 0 Å². The van der Waals surface area contributed by atoms with Crippen LogP contribution in [0.2, 0.25) is 10.0 Å². The molecule has 5 rings (SSSR count). The van der Waals surface area contributed by atoms with Gasteiger partial charge in [-0.25, -0.2) is 4.39 Å². The Balaban J connectivity index is 1.42. The molecule has 2 aromatic rings. The molecule has 0 N–H and O–H groups in total. The van der Waals surface area contributed by atoms with E-state index in [1.54, 1.807) is 6.07 Å². The predicted octanol–water partition coefficient (Wildman–Crippen LogP) is 6.57. The molecule has 0 amide bonds. The van der Waals surface area contributed by atoms with Crippen LogP contribution in [-0.4, -0.2) is 28.2 Å². The Labute approximate surface area is 197 Å². The number of benzene rings is 1. The number of rotatable bonds is 4. The fraction of sp³-hybridized carbons (Fsp3) is 0.500. The third kappa shape index (κ3) is 4.03. The van der Waals surface area contributed by atoms with Crippen LogP contribution in [0, 0.1) is 11.7 Å². The molecule has 168 valence electrons. The van der Waals surface area contributed by atoms with Crippen molar-refractivity contribution in [1.29, 1.82) is 0 Å². The van der Waals surface area contributed by atoms with E-state index in [1.807, 2.05) is 6.92 Å². The molecule has 3 heterocycles. The monoisotopic (exact) mass is 473 g/mol. The first-order valence-corrected chi connectivity index (χ1v) is 12.2. The standard InChI is InChI=1S/C24H26Cl2FN5/c1-14(23-16(25)9-10-17(27)24(23)26)32-11-5-8-18-22(32)13-21(31-28-18)20-12-19(29-30-20)15-6-3-2-4-7-15/h9-10,13-15H,2-8,11-12H2,1H3/t14-/m1/s1. The van der Waals surface area contributed by atoms with Gasteiger partial charge in [0.15, 0.2) is 0 Å². The van der Waals surface area contributed by atoms with Gasteiger partial charge in [-0.2, -0.15) is 15.3 Å². The average Bonchev–Trinajstić information content (AvgIpc) is 3.32. The van der Waals surface area contributed by atoms with Crippen molar-refractivity contribution in [3.63, 3.8) is 0 Å². The molecule has 8 heteroatoms. The van der Waals surface area contributed by atoms with E-state index in [0.717, 1.165) is 48.6 Å². The molecule has 1 atom stereocenters. The number of anilines is 1. The second-order valence-corrected chi connectivity index (χ2v) is 9.73. The maximum Gasteiger partial charge on any atom is 0.142 e. The Bertz CT molecular complexity index is 1090. The highest BCUT2D eigenvalue weighted by molar-refractivity contribution is 6.36. The molecular formula is C24H26Cl2FN5. The summed E-state index contributed by atoms with van der Waals surface area (Å²) in [7, 11) is 0. The molecule has 1 aromatic carbocycles. The minimum Gasteiger partial charge on any atom is -0.363 e. The van der Waals surface area contributed by atoms with Gasteiger partial charge in [-0.05, 0) is 56.7 Å². The summed E-state index contributed by atoms with van der Waals surface area (Å²) in [5, 5.41) is 18.5. The maximum atomic E-state index is 14.2. The highest BCUT2D eigenvalue weighted by Gasteiger charge is 2.30. The first kappa shape index (κ1) is 21.8. The van der Waals surface area contributed by atoms with Crippen LogP contribution in [0.4, 0.5) is 10.1 Å². The lowest BCUT2D eigenvalue weighted by atomic mass is 9.84. The van der Waals surface area contributed by atoms with Crippen molar-refractivity contribution in [3.8, 4) is 0 Å². The van der Waals surface area contributed by atoms with Gasteiger partial charge in [-0.15, -0.1) is 5.10 Å². The smallest absolute Gasteiger partial charge is 0.142 e. The van der Waals surface area contributed by atoms with Gasteiger partial charge in [-0.1, -0.05) is 42.5 Å². The first-order chi connectivity index (χ1) is 15.5.